The third kappa shape index (κ3) is 5.03. The van der Waals surface area contributed by atoms with Crippen molar-refractivity contribution in [3.8, 4) is 0 Å². The Bertz CT molecular complexity index is 863. The molecule has 1 saturated heterocycles. The van der Waals surface area contributed by atoms with Crippen LogP contribution in [-0.2, 0) is 13.0 Å². The van der Waals surface area contributed by atoms with Crippen LogP contribution >= 0.6 is 15.9 Å². The number of hydrogen-bond acceptors (Lipinski definition) is 1. The van der Waals surface area contributed by atoms with Gasteiger partial charge in [-0.15, -0.1) is 0 Å². The normalized spacial score (nSPS) is 20.7. The van der Waals surface area contributed by atoms with E-state index in [-0.39, 0.29) is 22.5 Å². The van der Waals surface area contributed by atoms with E-state index in [1.165, 1.54) is 42.8 Å². The number of benzene rings is 2. The molecule has 1 fully saturated rings. The molecule has 2 aromatic rings. The van der Waals surface area contributed by atoms with Gasteiger partial charge in [0.2, 0.25) is 0 Å². The lowest BCUT2D eigenvalue weighted by Gasteiger charge is -2.39. The zero-order chi connectivity index (χ0) is 19.6. The van der Waals surface area contributed by atoms with Gasteiger partial charge in [-0.1, -0.05) is 58.4 Å². The molecule has 4 heteroatoms. The third-order valence-electron chi connectivity index (χ3n) is 6.40. The predicted octanol–water partition coefficient (Wildman–Crippen LogP) is 2.67. The molecule has 154 valence electrons. The van der Waals surface area contributed by atoms with Crippen LogP contribution < -0.4 is 17.0 Å². The smallest absolute Gasteiger partial charge is 0.168 e. The quantitative estimate of drug-likeness (QED) is 0.553. The maximum atomic E-state index is 3.57. The van der Waals surface area contributed by atoms with E-state index in [9.17, 15) is 0 Å². The average molecular weight is 518 g/mol. The Labute approximate surface area is 194 Å². The highest BCUT2D eigenvalue weighted by Crippen LogP contribution is 2.37. The van der Waals surface area contributed by atoms with E-state index >= 15 is 0 Å². The number of halogens is 2. The van der Waals surface area contributed by atoms with Crippen molar-refractivity contribution in [3.63, 3.8) is 0 Å². The predicted molar refractivity (Wildman–Crippen MR) is 121 cm³/mol. The molecule has 0 aliphatic carbocycles. The molecular weight excluding hydrogens is 488 g/mol. The standard InChI is InChI=1S/C25H30BrN2.BrH/c1-25(2)23(18-20-10-12-22(26)13-11-20)24(27-15-6-7-16-27)14-17-28(25)19-21-8-4-3-5-9-21;/h3-5,8-14,17,23H,6-7,15-16,18-19H2,1-2H3;1H/q+1;/p-1. The van der Waals surface area contributed by atoms with Crippen LogP contribution in [0.25, 0.3) is 0 Å². The number of nitrogens with zero attached hydrogens (tertiary/aromatic N) is 2. The SMILES string of the molecule is CC1(C)C(Cc2ccc(Br)cc2)C(N2CCCC2)=CC=[N+]1Cc1ccccc1.[Br-]. The summed E-state index contributed by atoms with van der Waals surface area (Å²) < 4.78 is 3.68. The van der Waals surface area contributed by atoms with Crippen molar-refractivity contribution in [1.29, 1.82) is 0 Å². The third-order valence-corrected chi connectivity index (χ3v) is 6.92. The number of hydrogen-bond donors (Lipinski definition) is 0. The van der Waals surface area contributed by atoms with Crippen molar-refractivity contribution in [2.24, 2.45) is 5.92 Å². The molecule has 0 radical (unpaired) electrons. The van der Waals surface area contributed by atoms with Crippen LogP contribution in [0, 0.1) is 5.92 Å². The molecule has 0 spiro atoms. The van der Waals surface area contributed by atoms with E-state index in [0.29, 0.717) is 5.92 Å². The summed E-state index contributed by atoms with van der Waals surface area (Å²) in [6, 6.07) is 19.7. The molecule has 4 rings (SSSR count). The van der Waals surface area contributed by atoms with E-state index in [4.69, 9.17) is 0 Å². The Hall–Kier alpha value is -1.39. The van der Waals surface area contributed by atoms with Gasteiger partial charge in [-0.2, -0.15) is 0 Å². The van der Waals surface area contributed by atoms with E-state index < -0.39 is 0 Å². The summed E-state index contributed by atoms with van der Waals surface area (Å²) in [7, 11) is 0. The molecule has 2 nitrogen and oxygen atoms in total. The summed E-state index contributed by atoms with van der Waals surface area (Å²) in [5, 5.41) is 0. The second-order valence-corrected chi connectivity index (χ2v) is 9.50. The van der Waals surface area contributed by atoms with Gasteiger partial charge < -0.3 is 21.9 Å². The number of rotatable bonds is 5. The van der Waals surface area contributed by atoms with E-state index in [2.05, 4.69) is 106 Å². The second-order valence-electron chi connectivity index (χ2n) is 8.59. The average Bonchev–Trinajstić information content (AvgIpc) is 3.22. The maximum Gasteiger partial charge on any atom is 0.168 e. The monoisotopic (exact) mass is 516 g/mol. The van der Waals surface area contributed by atoms with Crippen LogP contribution in [0.5, 0.6) is 0 Å². The van der Waals surface area contributed by atoms with Gasteiger partial charge in [0, 0.05) is 48.7 Å². The summed E-state index contributed by atoms with van der Waals surface area (Å²) in [4.78, 5) is 2.63. The molecule has 29 heavy (non-hydrogen) atoms. The zero-order valence-electron chi connectivity index (χ0n) is 17.3. The molecule has 2 aliphatic heterocycles. The Morgan fingerprint density at radius 2 is 1.62 bits per heavy atom. The largest absolute Gasteiger partial charge is 1.00 e. The van der Waals surface area contributed by atoms with E-state index in [0.717, 1.165) is 17.4 Å². The highest BCUT2D eigenvalue weighted by Gasteiger charge is 2.45. The van der Waals surface area contributed by atoms with Gasteiger partial charge in [0.1, 0.15) is 0 Å². The zero-order valence-corrected chi connectivity index (χ0v) is 20.5. The highest BCUT2D eigenvalue weighted by molar-refractivity contribution is 9.10. The van der Waals surface area contributed by atoms with Gasteiger partial charge in [-0.25, -0.2) is 4.58 Å². The Morgan fingerprint density at radius 1 is 0.966 bits per heavy atom. The van der Waals surface area contributed by atoms with Crippen LogP contribution in [-0.4, -0.2) is 34.3 Å². The van der Waals surface area contributed by atoms with E-state index in [1.807, 2.05) is 0 Å². The molecule has 0 aromatic heterocycles. The molecule has 1 atom stereocenters. The van der Waals surface area contributed by atoms with Crippen LogP contribution in [0.4, 0.5) is 0 Å². The molecule has 0 saturated carbocycles. The fourth-order valence-electron chi connectivity index (χ4n) is 4.58. The van der Waals surface area contributed by atoms with Crippen LogP contribution in [0.3, 0.4) is 0 Å². The molecule has 2 heterocycles. The Balaban J connectivity index is 0.00000240. The number of allylic oxidation sites excluding steroid dienone is 1. The maximum absolute atomic E-state index is 3.57. The van der Waals surface area contributed by atoms with Gasteiger partial charge in [0.25, 0.3) is 0 Å². The molecule has 2 aromatic carbocycles. The first-order valence-electron chi connectivity index (χ1n) is 10.4. The molecule has 0 N–H and O–H groups in total. The summed E-state index contributed by atoms with van der Waals surface area (Å²) >= 11 is 3.57. The van der Waals surface area contributed by atoms with Gasteiger partial charge in [0.15, 0.2) is 18.3 Å². The second kappa shape index (κ2) is 9.61. The molecule has 0 bridgehead atoms. The minimum Gasteiger partial charge on any atom is -1.00 e. The summed E-state index contributed by atoms with van der Waals surface area (Å²) in [5.41, 5.74) is 4.35. The lowest BCUT2D eigenvalue weighted by Crippen LogP contribution is -3.00. The van der Waals surface area contributed by atoms with Crippen molar-refractivity contribution < 1.29 is 21.6 Å². The summed E-state index contributed by atoms with van der Waals surface area (Å²) in [6.45, 7) is 8.18. The van der Waals surface area contributed by atoms with E-state index in [1.54, 1.807) is 0 Å². The van der Waals surface area contributed by atoms with Crippen molar-refractivity contribution >= 4 is 22.1 Å². The highest BCUT2D eigenvalue weighted by atomic mass is 79.9. The van der Waals surface area contributed by atoms with Crippen molar-refractivity contribution in [3.05, 3.63) is 82.0 Å². The number of likely N-dealkylation sites (tertiary alicyclic amines) is 1. The van der Waals surface area contributed by atoms with Crippen molar-refractivity contribution in [1.82, 2.24) is 4.90 Å². The van der Waals surface area contributed by atoms with Crippen LogP contribution in [0.2, 0.25) is 0 Å². The van der Waals surface area contributed by atoms with Crippen LogP contribution in [0.1, 0.15) is 37.8 Å². The topological polar surface area (TPSA) is 6.25 Å². The molecule has 0 amide bonds. The fraction of sp³-hybridized carbons (Fsp3) is 0.400. The Morgan fingerprint density at radius 3 is 2.28 bits per heavy atom. The van der Waals surface area contributed by atoms with Crippen LogP contribution in [0.15, 0.2) is 70.8 Å². The van der Waals surface area contributed by atoms with Gasteiger partial charge in [-0.3, -0.25) is 0 Å². The first-order valence-corrected chi connectivity index (χ1v) is 11.2. The minimum atomic E-state index is 0. The van der Waals surface area contributed by atoms with Gasteiger partial charge in [-0.05, 0) is 37.0 Å². The molecular formula is C25H30Br2N2. The Kier molecular flexibility index (Phi) is 7.39. The minimum absolute atomic E-state index is 0. The van der Waals surface area contributed by atoms with Gasteiger partial charge in [0.05, 0.1) is 5.92 Å². The summed E-state index contributed by atoms with van der Waals surface area (Å²) in [6.07, 6.45) is 8.43. The van der Waals surface area contributed by atoms with Crippen molar-refractivity contribution in [2.45, 2.75) is 45.2 Å². The fourth-order valence-corrected chi connectivity index (χ4v) is 4.85. The lowest BCUT2D eigenvalue weighted by molar-refractivity contribution is -0.621. The van der Waals surface area contributed by atoms with Crippen molar-refractivity contribution in [2.75, 3.05) is 13.1 Å². The first kappa shape index (κ1) is 22.3. The lowest BCUT2D eigenvalue weighted by atomic mass is 9.77. The first-order chi connectivity index (χ1) is 13.5. The molecule has 1 unspecified atom stereocenters. The van der Waals surface area contributed by atoms with Gasteiger partial charge >= 0.3 is 0 Å². The molecule has 2 aliphatic rings. The summed E-state index contributed by atoms with van der Waals surface area (Å²) in [5.74, 6) is 0.473.